The van der Waals surface area contributed by atoms with Gasteiger partial charge < -0.3 is 10.2 Å². The molecule has 0 radical (unpaired) electrons. The number of nitrogens with zero attached hydrogens (tertiary/aromatic N) is 4. The van der Waals surface area contributed by atoms with Crippen LogP contribution >= 0.6 is 0 Å². The zero-order valence-corrected chi connectivity index (χ0v) is 14.2. The van der Waals surface area contributed by atoms with Crippen LogP contribution in [0.25, 0.3) is 5.82 Å². The van der Waals surface area contributed by atoms with Gasteiger partial charge in [0.25, 0.3) is 0 Å². The van der Waals surface area contributed by atoms with Crippen molar-refractivity contribution in [2.75, 3.05) is 7.05 Å². The van der Waals surface area contributed by atoms with Crippen LogP contribution in [-0.2, 0) is 6.54 Å². The van der Waals surface area contributed by atoms with E-state index in [-0.39, 0.29) is 12.1 Å². The van der Waals surface area contributed by atoms with Gasteiger partial charge in [-0.15, -0.1) is 0 Å². The first-order valence-electron chi connectivity index (χ1n) is 7.93. The van der Waals surface area contributed by atoms with Gasteiger partial charge in [0.15, 0.2) is 5.82 Å². The summed E-state index contributed by atoms with van der Waals surface area (Å²) in [5.74, 6) is 1.29. The lowest BCUT2D eigenvalue weighted by Crippen LogP contribution is -2.42. The SMILES string of the molecule is CC(C)CC(C)N(C)C(=O)NCc1cccnc1-n1cccn1. The first kappa shape index (κ1) is 17.0. The second-order valence-corrected chi connectivity index (χ2v) is 6.18. The van der Waals surface area contributed by atoms with Crippen LogP contribution in [-0.4, -0.2) is 38.8 Å². The predicted octanol–water partition coefficient (Wildman–Crippen LogP) is 2.84. The maximum Gasteiger partial charge on any atom is 0.317 e. The number of amides is 2. The van der Waals surface area contributed by atoms with Gasteiger partial charge in [0.2, 0.25) is 0 Å². The molecule has 0 saturated carbocycles. The number of hydrogen-bond acceptors (Lipinski definition) is 3. The fraction of sp³-hybridized carbons (Fsp3) is 0.471. The number of hydrogen-bond donors (Lipinski definition) is 1. The fourth-order valence-electron chi connectivity index (χ4n) is 2.50. The molecule has 2 aromatic heterocycles. The highest BCUT2D eigenvalue weighted by Crippen LogP contribution is 2.12. The highest BCUT2D eigenvalue weighted by Gasteiger charge is 2.17. The lowest BCUT2D eigenvalue weighted by molar-refractivity contribution is 0.186. The Labute approximate surface area is 137 Å². The van der Waals surface area contributed by atoms with Crippen molar-refractivity contribution in [2.45, 2.75) is 39.8 Å². The molecule has 0 spiro atoms. The molecule has 6 heteroatoms. The van der Waals surface area contributed by atoms with E-state index in [2.05, 4.69) is 36.2 Å². The molecule has 2 heterocycles. The van der Waals surface area contributed by atoms with Crippen molar-refractivity contribution >= 4 is 6.03 Å². The molecule has 0 aliphatic carbocycles. The molecule has 2 rings (SSSR count). The third-order valence-corrected chi connectivity index (χ3v) is 3.81. The lowest BCUT2D eigenvalue weighted by Gasteiger charge is -2.26. The summed E-state index contributed by atoms with van der Waals surface area (Å²) in [7, 11) is 1.83. The van der Waals surface area contributed by atoms with Crippen LogP contribution in [0.3, 0.4) is 0 Å². The Morgan fingerprint density at radius 2 is 2.09 bits per heavy atom. The maximum atomic E-state index is 12.3. The van der Waals surface area contributed by atoms with Crippen molar-refractivity contribution in [3.63, 3.8) is 0 Å². The van der Waals surface area contributed by atoms with Crippen molar-refractivity contribution in [3.8, 4) is 5.82 Å². The molecule has 124 valence electrons. The average Bonchev–Trinajstić information content (AvgIpc) is 3.05. The van der Waals surface area contributed by atoms with Crippen LogP contribution in [0.4, 0.5) is 4.79 Å². The molecule has 2 aromatic rings. The predicted molar refractivity (Wildman–Crippen MR) is 90.3 cm³/mol. The smallest absolute Gasteiger partial charge is 0.317 e. The molecular weight excluding hydrogens is 290 g/mol. The average molecular weight is 315 g/mol. The van der Waals surface area contributed by atoms with E-state index in [0.29, 0.717) is 12.5 Å². The minimum Gasteiger partial charge on any atom is -0.334 e. The Morgan fingerprint density at radius 3 is 2.74 bits per heavy atom. The number of nitrogens with one attached hydrogen (secondary N) is 1. The van der Waals surface area contributed by atoms with Crippen LogP contribution in [0.5, 0.6) is 0 Å². The van der Waals surface area contributed by atoms with Gasteiger partial charge in [-0.25, -0.2) is 14.5 Å². The Balaban J connectivity index is 2.00. The quantitative estimate of drug-likeness (QED) is 0.891. The number of carbonyl (C=O) groups excluding carboxylic acids is 1. The van der Waals surface area contributed by atoms with Crippen molar-refractivity contribution in [2.24, 2.45) is 5.92 Å². The van der Waals surface area contributed by atoms with Crippen LogP contribution in [0.15, 0.2) is 36.8 Å². The molecule has 2 amide bonds. The van der Waals surface area contributed by atoms with Crippen molar-refractivity contribution in [1.29, 1.82) is 0 Å². The van der Waals surface area contributed by atoms with Crippen molar-refractivity contribution < 1.29 is 4.79 Å². The summed E-state index contributed by atoms with van der Waals surface area (Å²) < 4.78 is 1.70. The molecule has 0 aliphatic heterocycles. The van der Waals surface area contributed by atoms with Crippen LogP contribution in [0, 0.1) is 5.92 Å². The monoisotopic (exact) mass is 315 g/mol. The van der Waals surface area contributed by atoms with Gasteiger partial charge >= 0.3 is 6.03 Å². The Kier molecular flexibility index (Phi) is 5.73. The van der Waals surface area contributed by atoms with E-state index in [1.165, 1.54) is 0 Å². The summed E-state index contributed by atoms with van der Waals surface area (Å²) in [5.41, 5.74) is 0.925. The van der Waals surface area contributed by atoms with Crippen molar-refractivity contribution in [1.82, 2.24) is 25.0 Å². The molecule has 0 bridgehead atoms. The van der Waals surface area contributed by atoms with E-state index in [4.69, 9.17) is 0 Å². The number of urea groups is 1. The minimum atomic E-state index is -0.0755. The Hall–Kier alpha value is -2.37. The maximum absolute atomic E-state index is 12.3. The van der Waals surface area contributed by atoms with Gasteiger partial charge in [-0.05, 0) is 31.4 Å². The van der Waals surface area contributed by atoms with E-state index in [0.717, 1.165) is 17.8 Å². The molecule has 23 heavy (non-hydrogen) atoms. The van der Waals surface area contributed by atoms with E-state index in [1.54, 1.807) is 22.0 Å². The van der Waals surface area contributed by atoms with E-state index < -0.39 is 0 Å². The number of aromatic nitrogens is 3. The Bertz CT molecular complexity index is 624. The van der Waals surface area contributed by atoms with Gasteiger partial charge in [-0.1, -0.05) is 19.9 Å². The van der Waals surface area contributed by atoms with Crippen molar-refractivity contribution in [3.05, 3.63) is 42.4 Å². The van der Waals surface area contributed by atoms with Crippen LogP contribution < -0.4 is 5.32 Å². The second kappa shape index (κ2) is 7.76. The van der Waals surface area contributed by atoms with Gasteiger partial charge in [-0.3, -0.25) is 0 Å². The summed E-state index contributed by atoms with van der Waals surface area (Å²) >= 11 is 0. The standard InChI is InChI=1S/C17H25N5O/c1-13(2)11-14(3)21(4)17(23)19-12-15-7-5-8-18-16(15)22-10-6-9-20-22/h5-10,13-14H,11-12H2,1-4H3,(H,19,23). The van der Waals surface area contributed by atoms with Gasteiger partial charge in [0, 0.05) is 43.8 Å². The molecule has 0 aliphatic rings. The molecule has 0 fully saturated rings. The summed E-state index contributed by atoms with van der Waals surface area (Å²) in [4.78, 5) is 18.4. The molecule has 6 nitrogen and oxygen atoms in total. The largest absolute Gasteiger partial charge is 0.334 e. The van der Waals surface area contributed by atoms with Gasteiger partial charge in [-0.2, -0.15) is 5.10 Å². The molecule has 1 unspecified atom stereocenters. The van der Waals surface area contributed by atoms with Gasteiger partial charge in [0.1, 0.15) is 0 Å². The molecule has 0 aromatic carbocycles. The zero-order chi connectivity index (χ0) is 16.8. The molecule has 1 N–H and O–H groups in total. The number of pyridine rings is 1. The summed E-state index contributed by atoms with van der Waals surface area (Å²) in [6.45, 7) is 6.81. The van der Waals surface area contributed by atoms with Gasteiger partial charge in [0.05, 0.1) is 0 Å². The summed E-state index contributed by atoms with van der Waals surface area (Å²) in [5, 5.41) is 7.16. The molecular formula is C17H25N5O. The first-order valence-corrected chi connectivity index (χ1v) is 7.93. The lowest BCUT2D eigenvalue weighted by atomic mass is 10.0. The fourth-order valence-corrected chi connectivity index (χ4v) is 2.50. The van der Waals surface area contributed by atoms with E-state index in [9.17, 15) is 4.79 Å². The highest BCUT2D eigenvalue weighted by molar-refractivity contribution is 5.74. The van der Waals surface area contributed by atoms with Crippen LogP contribution in [0.2, 0.25) is 0 Å². The normalized spacial score (nSPS) is 12.2. The third kappa shape index (κ3) is 4.55. The summed E-state index contributed by atoms with van der Waals surface area (Å²) in [6.07, 6.45) is 6.25. The van der Waals surface area contributed by atoms with E-state index >= 15 is 0 Å². The Morgan fingerprint density at radius 1 is 1.30 bits per heavy atom. The first-order chi connectivity index (χ1) is 11.0. The molecule has 0 saturated heterocycles. The minimum absolute atomic E-state index is 0.0755. The highest BCUT2D eigenvalue weighted by atomic mass is 16.2. The summed E-state index contributed by atoms with van der Waals surface area (Å²) in [6, 6.07) is 5.78. The number of carbonyl (C=O) groups is 1. The van der Waals surface area contributed by atoms with E-state index in [1.807, 2.05) is 31.4 Å². The van der Waals surface area contributed by atoms with Crippen LogP contribution in [0.1, 0.15) is 32.8 Å². The zero-order valence-electron chi connectivity index (χ0n) is 14.2. The molecule has 1 atom stereocenters. The number of rotatable bonds is 6. The third-order valence-electron chi connectivity index (χ3n) is 3.81. The topological polar surface area (TPSA) is 63.1 Å². The second-order valence-electron chi connectivity index (χ2n) is 6.18.